The fourth-order valence-electron chi connectivity index (χ4n) is 1.76. The number of rotatable bonds is 8. The van der Waals surface area contributed by atoms with Crippen LogP contribution in [0.2, 0.25) is 0 Å². The molecule has 0 radical (unpaired) electrons. The Balaban J connectivity index is 3.01. The summed E-state index contributed by atoms with van der Waals surface area (Å²) < 4.78 is 11.1. The van der Waals surface area contributed by atoms with E-state index in [9.17, 15) is 4.79 Å². The number of carbonyl (C=O) groups is 1. The zero-order valence-corrected chi connectivity index (χ0v) is 15.5. The van der Waals surface area contributed by atoms with Crippen LogP contribution in [0.25, 0.3) is 6.08 Å². The molecule has 4 nitrogen and oxygen atoms in total. The molecule has 0 amide bonds. The van der Waals surface area contributed by atoms with E-state index in [2.05, 4.69) is 0 Å². The number of halogens is 3. The molecule has 0 saturated heterocycles. The predicted octanol–water partition coefficient (Wildman–Crippen LogP) is 4.54. The van der Waals surface area contributed by atoms with Gasteiger partial charge in [0.15, 0.2) is 11.5 Å². The van der Waals surface area contributed by atoms with Gasteiger partial charge in [-0.1, -0.05) is 19.4 Å². The lowest BCUT2D eigenvalue weighted by Crippen LogP contribution is -2.36. The highest BCUT2D eigenvalue weighted by molar-refractivity contribution is 7.65. The lowest BCUT2D eigenvalue weighted by atomic mass is 10.2. The van der Waals surface area contributed by atoms with E-state index < -0.39 is 17.7 Å². The molecule has 0 spiro atoms. The summed E-state index contributed by atoms with van der Waals surface area (Å²) in [6, 6.07) is 2.02. The highest BCUT2D eigenvalue weighted by Crippen LogP contribution is 2.35. The smallest absolute Gasteiger partial charge is 0.381 e. The van der Waals surface area contributed by atoms with Crippen molar-refractivity contribution in [3.8, 4) is 11.5 Å². The minimum atomic E-state index is -3.02. The summed E-state index contributed by atoms with van der Waals surface area (Å²) in [6.07, 6.45) is 3.96. The molecule has 0 bridgehead atoms. The molecule has 1 atom stereocenters. The third kappa shape index (κ3) is 6.08. The second-order valence-corrected chi connectivity index (χ2v) is 13.4. The van der Waals surface area contributed by atoms with Gasteiger partial charge in [0.05, 0.1) is 7.11 Å². The maximum Gasteiger partial charge on any atom is 0.381 e. The summed E-state index contributed by atoms with van der Waals surface area (Å²) in [6.45, 7) is 1.98. The average molecular weight is 384 g/mol. The SMILES string of the molecule is CCCC(Oc1ccc(/C=C/C(=O)O)cc1OC)[Si](Cl)(Cl)Cl. The molecule has 0 saturated carbocycles. The summed E-state index contributed by atoms with van der Waals surface area (Å²) in [5.41, 5.74) is 0.196. The van der Waals surface area contributed by atoms with Crippen LogP contribution in [0.1, 0.15) is 25.3 Å². The Morgan fingerprint density at radius 1 is 1.36 bits per heavy atom. The van der Waals surface area contributed by atoms with E-state index in [0.717, 1.165) is 12.5 Å². The molecule has 0 aliphatic rings. The topological polar surface area (TPSA) is 55.8 Å². The van der Waals surface area contributed by atoms with Gasteiger partial charge in [0.1, 0.15) is 5.73 Å². The number of methoxy groups -OCH3 is 1. The molecule has 0 aromatic heterocycles. The molecule has 1 unspecified atom stereocenters. The van der Waals surface area contributed by atoms with Crippen LogP contribution < -0.4 is 9.47 Å². The van der Waals surface area contributed by atoms with Crippen molar-refractivity contribution in [1.82, 2.24) is 0 Å². The normalized spacial score (nSPS) is 13.1. The molecular formula is C14H17Cl3O4Si. The second kappa shape index (κ2) is 8.67. The first kappa shape index (κ1) is 19.2. The van der Waals surface area contributed by atoms with Crippen LogP contribution in [0, 0.1) is 0 Å². The third-order valence-corrected chi connectivity index (χ3v) is 6.12. The summed E-state index contributed by atoms with van der Waals surface area (Å²) in [7, 11) is 1.49. The number of benzene rings is 1. The van der Waals surface area contributed by atoms with Gasteiger partial charge in [-0.25, -0.2) is 4.79 Å². The first-order valence-corrected chi connectivity index (χ1v) is 11.7. The monoisotopic (exact) mass is 382 g/mol. The minimum absolute atomic E-state index is 0.455. The van der Waals surface area contributed by atoms with Crippen molar-refractivity contribution in [2.75, 3.05) is 7.11 Å². The Bertz CT molecular complexity index is 543. The molecular weight excluding hydrogens is 367 g/mol. The van der Waals surface area contributed by atoms with Gasteiger partial charge in [-0.05, 0) is 30.2 Å². The Kier molecular flexibility index (Phi) is 7.55. The average Bonchev–Trinajstić information content (AvgIpc) is 2.44. The molecule has 1 aromatic rings. The molecule has 0 fully saturated rings. The third-order valence-electron chi connectivity index (χ3n) is 2.79. The summed E-state index contributed by atoms with van der Waals surface area (Å²) in [4.78, 5) is 10.5. The van der Waals surface area contributed by atoms with Gasteiger partial charge in [-0.3, -0.25) is 0 Å². The Morgan fingerprint density at radius 3 is 2.55 bits per heavy atom. The zero-order valence-electron chi connectivity index (χ0n) is 12.2. The molecule has 8 heteroatoms. The quantitative estimate of drug-likeness (QED) is 0.407. The summed E-state index contributed by atoms with van der Waals surface area (Å²) in [5.74, 6) is -0.103. The van der Waals surface area contributed by atoms with Crippen LogP contribution in [0.4, 0.5) is 0 Å². The van der Waals surface area contributed by atoms with Gasteiger partial charge in [0.2, 0.25) is 0 Å². The Hall–Kier alpha value is -0.883. The largest absolute Gasteiger partial charge is 0.493 e. The lowest BCUT2D eigenvalue weighted by molar-refractivity contribution is -0.131. The van der Waals surface area contributed by atoms with Crippen molar-refractivity contribution in [2.45, 2.75) is 25.5 Å². The first-order chi connectivity index (χ1) is 10.3. The van der Waals surface area contributed by atoms with E-state index in [-0.39, 0.29) is 0 Å². The van der Waals surface area contributed by atoms with Crippen molar-refractivity contribution in [3.05, 3.63) is 29.8 Å². The fraction of sp³-hybridized carbons (Fsp3) is 0.357. The van der Waals surface area contributed by atoms with E-state index in [1.165, 1.54) is 13.2 Å². The van der Waals surface area contributed by atoms with Crippen LogP contribution in [0.5, 0.6) is 11.5 Å². The second-order valence-electron chi connectivity index (χ2n) is 4.52. The highest BCUT2D eigenvalue weighted by Gasteiger charge is 2.38. The fourth-order valence-corrected chi connectivity index (χ4v) is 4.02. The van der Waals surface area contributed by atoms with E-state index >= 15 is 0 Å². The number of hydrogen-bond donors (Lipinski definition) is 1. The van der Waals surface area contributed by atoms with Crippen molar-refractivity contribution in [1.29, 1.82) is 0 Å². The molecule has 1 aromatic carbocycles. The standard InChI is InChI=1S/C14H17Cl3O4Si/c1-3-4-14(22(15,16)17)21-11-7-5-10(6-8-13(18)19)9-12(11)20-2/h5-9,14H,3-4H2,1-2H3,(H,18,19)/b8-6+. The molecule has 0 aliphatic carbocycles. The van der Waals surface area contributed by atoms with E-state index in [1.54, 1.807) is 18.2 Å². The Labute approximate surface area is 144 Å². The number of ether oxygens (including phenoxy) is 2. The number of carboxylic acids is 1. The molecule has 22 heavy (non-hydrogen) atoms. The van der Waals surface area contributed by atoms with Crippen molar-refractivity contribution >= 4 is 51.3 Å². The van der Waals surface area contributed by atoms with Crippen molar-refractivity contribution in [2.24, 2.45) is 0 Å². The first-order valence-electron chi connectivity index (χ1n) is 6.60. The number of carboxylic acid groups (broad SMARTS) is 1. The number of hydrogen-bond acceptors (Lipinski definition) is 3. The maximum atomic E-state index is 10.5. The van der Waals surface area contributed by atoms with Gasteiger partial charge in [-0.15, -0.1) is 33.2 Å². The Morgan fingerprint density at radius 2 is 2.05 bits per heavy atom. The molecule has 122 valence electrons. The molecule has 1 rings (SSSR count). The van der Waals surface area contributed by atoms with Gasteiger partial charge < -0.3 is 14.6 Å². The minimum Gasteiger partial charge on any atom is -0.493 e. The molecule has 0 heterocycles. The van der Waals surface area contributed by atoms with Gasteiger partial charge in [-0.2, -0.15) is 0 Å². The van der Waals surface area contributed by atoms with Gasteiger partial charge >= 0.3 is 12.0 Å². The summed E-state index contributed by atoms with van der Waals surface area (Å²) >= 11 is 18.2. The molecule has 0 aliphatic heterocycles. The van der Waals surface area contributed by atoms with E-state index in [0.29, 0.717) is 23.5 Å². The van der Waals surface area contributed by atoms with Crippen LogP contribution in [0.15, 0.2) is 24.3 Å². The van der Waals surface area contributed by atoms with Crippen molar-refractivity contribution < 1.29 is 19.4 Å². The van der Waals surface area contributed by atoms with Gasteiger partial charge in [0, 0.05) is 6.08 Å². The maximum absolute atomic E-state index is 10.5. The number of aliphatic carboxylic acids is 1. The lowest BCUT2D eigenvalue weighted by Gasteiger charge is -2.24. The predicted molar refractivity (Wildman–Crippen MR) is 92.3 cm³/mol. The van der Waals surface area contributed by atoms with Crippen LogP contribution >= 0.6 is 33.2 Å². The van der Waals surface area contributed by atoms with E-state index in [1.807, 2.05) is 6.92 Å². The van der Waals surface area contributed by atoms with Gasteiger partial charge in [0.25, 0.3) is 0 Å². The highest BCUT2D eigenvalue weighted by atomic mass is 35.8. The van der Waals surface area contributed by atoms with E-state index in [4.69, 9.17) is 47.8 Å². The van der Waals surface area contributed by atoms with Crippen LogP contribution in [-0.2, 0) is 4.79 Å². The van der Waals surface area contributed by atoms with Crippen molar-refractivity contribution in [3.63, 3.8) is 0 Å². The van der Waals surface area contributed by atoms with Crippen LogP contribution in [0.3, 0.4) is 0 Å². The molecule has 1 N–H and O–H groups in total. The zero-order chi connectivity index (χ0) is 16.8. The summed E-state index contributed by atoms with van der Waals surface area (Å²) in [5, 5.41) is 8.64. The van der Waals surface area contributed by atoms with Crippen LogP contribution in [-0.4, -0.2) is 29.9 Å².